The van der Waals surface area contributed by atoms with E-state index in [1.165, 1.54) is 0 Å². The van der Waals surface area contributed by atoms with Gasteiger partial charge in [0.1, 0.15) is 18.8 Å². The second-order valence-electron chi connectivity index (χ2n) is 5.41. The molecule has 0 heterocycles. The van der Waals surface area contributed by atoms with Gasteiger partial charge in [-0.25, -0.2) is 0 Å². The lowest BCUT2D eigenvalue weighted by atomic mass is 10.1. The highest BCUT2D eigenvalue weighted by atomic mass is 16.5. The minimum Gasteiger partial charge on any atom is -0.484 e. The van der Waals surface area contributed by atoms with Crippen molar-refractivity contribution in [3.63, 3.8) is 0 Å². The fourth-order valence-corrected chi connectivity index (χ4v) is 1.57. The summed E-state index contributed by atoms with van der Waals surface area (Å²) in [6, 6.07) is 6.58. The molecule has 0 aliphatic rings. The molecule has 0 bridgehead atoms. The average Bonchev–Trinajstić information content (AvgIpc) is 2.43. The first-order valence-corrected chi connectivity index (χ1v) is 6.50. The zero-order valence-corrected chi connectivity index (χ0v) is 12.3. The van der Waals surface area contributed by atoms with E-state index < -0.39 is 36.5 Å². The molecule has 0 radical (unpaired) electrons. The molecule has 6 nitrogen and oxygen atoms in total. The number of ether oxygens (including phenoxy) is 2. The maximum atomic E-state index is 11.6. The van der Waals surface area contributed by atoms with E-state index in [-0.39, 0.29) is 5.75 Å². The highest BCUT2D eigenvalue weighted by molar-refractivity contribution is 6.06. The number of rotatable bonds is 7. The second-order valence-corrected chi connectivity index (χ2v) is 5.41. The zero-order valence-electron chi connectivity index (χ0n) is 12.3. The van der Waals surface area contributed by atoms with Gasteiger partial charge in [0.05, 0.1) is 0 Å². The van der Waals surface area contributed by atoms with Crippen LogP contribution in [0.25, 0.3) is 0 Å². The number of Topliss-reactive ketones (excluding diaryl/α,β-unsaturated/α-hetero) is 2. The van der Waals surface area contributed by atoms with E-state index in [1.807, 2.05) is 20.8 Å². The van der Waals surface area contributed by atoms with Gasteiger partial charge >= 0.3 is 0 Å². The van der Waals surface area contributed by atoms with E-state index in [1.54, 1.807) is 24.3 Å². The average molecular weight is 296 g/mol. The van der Waals surface area contributed by atoms with Crippen LogP contribution in [0.1, 0.15) is 20.8 Å². The molecule has 0 saturated carbocycles. The Morgan fingerprint density at radius 2 is 1.52 bits per heavy atom. The molecule has 0 aliphatic carbocycles. The van der Waals surface area contributed by atoms with Crippen molar-refractivity contribution in [3.05, 3.63) is 24.3 Å². The molecule has 0 saturated heterocycles. The number of hydrogen-bond donors (Lipinski definition) is 2. The van der Waals surface area contributed by atoms with Gasteiger partial charge in [-0.15, -0.1) is 0 Å². The van der Waals surface area contributed by atoms with E-state index in [2.05, 4.69) is 0 Å². The predicted octanol–water partition coefficient (Wildman–Crippen LogP) is 0.734. The summed E-state index contributed by atoms with van der Waals surface area (Å²) in [4.78, 5) is 23.1. The van der Waals surface area contributed by atoms with Crippen LogP contribution in [0.3, 0.4) is 0 Å². The van der Waals surface area contributed by atoms with Crippen molar-refractivity contribution in [2.45, 2.75) is 32.5 Å². The number of aliphatic hydroxyl groups is 2. The minimum atomic E-state index is -1.55. The topological polar surface area (TPSA) is 93.1 Å². The van der Waals surface area contributed by atoms with Crippen LogP contribution in [0.4, 0.5) is 0 Å². The van der Waals surface area contributed by atoms with Crippen LogP contribution in [-0.2, 0) is 9.59 Å². The summed E-state index contributed by atoms with van der Waals surface area (Å²) in [6.45, 7) is 3.84. The number of hydrogen-bond acceptors (Lipinski definition) is 6. The number of ketones is 2. The van der Waals surface area contributed by atoms with Crippen molar-refractivity contribution in [3.8, 4) is 11.5 Å². The Labute approximate surface area is 123 Å². The van der Waals surface area contributed by atoms with E-state index in [9.17, 15) is 9.59 Å². The van der Waals surface area contributed by atoms with Crippen LogP contribution < -0.4 is 9.47 Å². The van der Waals surface area contributed by atoms with Crippen molar-refractivity contribution >= 4 is 11.6 Å². The molecule has 1 aromatic carbocycles. The monoisotopic (exact) mass is 296 g/mol. The molecular formula is C15H20O6. The van der Waals surface area contributed by atoms with Gasteiger partial charge in [-0.05, 0) is 32.9 Å². The smallest absolute Gasteiger partial charge is 0.219 e. The largest absolute Gasteiger partial charge is 0.484 e. The molecule has 0 unspecified atom stereocenters. The Bertz CT molecular complexity index is 487. The maximum absolute atomic E-state index is 11.6. The van der Waals surface area contributed by atoms with Crippen LogP contribution >= 0.6 is 0 Å². The van der Waals surface area contributed by atoms with Gasteiger partial charge in [-0.1, -0.05) is 12.1 Å². The van der Waals surface area contributed by atoms with E-state index >= 15 is 0 Å². The third-order valence-corrected chi connectivity index (χ3v) is 2.41. The van der Waals surface area contributed by atoms with Gasteiger partial charge in [0, 0.05) is 0 Å². The lowest BCUT2D eigenvalue weighted by Gasteiger charge is -2.24. The highest BCUT2D eigenvalue weighted by Crippen LogP contribution is 2.30. The van der Waals surface area contributed by atoms with Crippen LogP contribution in [-0.4, -0.2) is 46.7 Å². The molecule has 1 aromatic rings. The molecule has 0 spiro atoms. The fraction of sp³-hybridized carbons (Fsp3) is 0.467. The van der Waals surface area contributed by atoms with Crippen molar-refractivity contribution in [2.75, 3.05) is 13.2 Å². The summed E-state index contributed by atoms with van der Waals surface area (Å²) in [6.07, 6.45) is -1.55. The van der Waals surface area contributed by atoms with Crippen LogP contribution in [0.5, 0.6) is 11.5 Å². The standard InChI is InChI=1S/C15H20O6/c1-15(2,3)21-13-7-5-4-6-12(13)20-14(10(18)8-16)11(19)9-17/h4-7,14,16-17H,8-9H2,1-3H3. The van der Waals surface area contributed by atoms with Crippen LogP contribution in [0, 0.1) is 0 Å². The second kappa shape index (κ2) is 7.19. The molecule has 116 valence electrons. The number of benzene rings is 1. The van der Waals surface area contributed by atoms with Crippen molar-refractivity contribution in [2.24, 2.45) is 0 Å². The first-order chi connectivity index (χ1) is 9.78. The quantitative estimate of drug-likeness (QED) is 0.721. The van der Waals surface area contributed by atoms with E-state index in [0.717, 1.165) is 0 Å². The molecule has 21 heavy (non-hydrogen) atoms. The van der Waals surface area contributed by atoms with Gasteiger partial charge in [0.25, 0.3) is 0 Å². The number of carbonyl (C=O) groups excluding carboxylic acids is 2. The third kappa shape index (κ3) is 5.17. The van der Waals surface area contributed by atoms with Crippen molar-refractivity contribution in [1.29, 1.82) is 0 Å². The SMILES string of the molecule is CC(C)(C)Oc1ccccc1OC(C(=O)CO)C(=O)CO. The molecule has 0 fully saturated rings. The normalized spacial score (nSPS) is 11.3. The van der Waals surface area contributed by atoms with Gasteiger partial charge < -0.3 is 19.7 Å². The van der Waals surface area contributed by atoms with Gasteiger partial charge in [-0.3, -0.25) is 9.59 Å². The Morgan fingerprint density at radius 3 is 1.95 bits per heavy atom. The predicted molar refractivity (Wildman–Crippen MR) is 75.4 cm³/mol. The summed E-state index contributed by atoms with van der Waals surface area (Å²) in [5.74, 6) is -1.08. The Kier molecular flexibility index (Phi) is 5.87. The van der Waals surface area contributed by atoms with Crippen LogP contribution in [0.2, 0.25) is 0 Å². The molecule has 6 heteroatoms. The van der Waals surface area contributed by atoms with Crippen molar-refractivity contribution in [1.82, 2.24) is 0 Å². The molecule has 0 atom stereocenters. The Balaban J connectivity index is 3.04. The number of para-hydroxylation sites is 2. The molecule has 0 amide bonds. The van der Waals surface area contributed by atoms with E-state index in [4.69, 9.17) is 19.7 Å². The summed E-state index contributed by atoms with van der Waals surface area (Å²) in [7, 11) is 0. The molecule has 2 N–H and O–H groups in total. The van der Waals surface area contributed by atoms with Gasteiger partial charge in [-0.2, -0.15) is 0 Å². The highest BCUT2D eigenvalue weighted by Gasteiger charge is 2.28. The maximum Gasteiger partial charge on any atom is 0.219 e. The van der Waals surface area contributed by atoms with Gasteiger partial charge in [0.2, 0.25) is 17.7 Å². The molecular weight excluding hydrogens is 276 g/mol. The van der Waals surface area contributed by atoms with E-state index in [0.29, 0.717) is 5.75 Å². The Morgan fingerprint density at radius 1 is 1.05 bits per heavy atom. The summed E-state index contributed by atoms with van der Waals surface area (Å²) < 4.78 is 11.0. The molecule has 1 rings (SSSR count). The molecule has 0 aliphatic heterocycles. The summed E-state index contributed by atoms with van der Waals surface area (Å²) in [5.41, 5.74) is -0.489. The fourth-order valence-electron chi connectivity index (χ4n) is 1.57. The Hall–Kier alpha value is -1.92. The van der Waals surface area contributed by atoms with Gasteiger partial charge in [0.15, 0.2) is 11.5 Å². The lowest BCUT2D eigenvalue weighted by molar-refractivity contribution is -0.140. The first-order valence-electron chi connectivity index (χ1n) is 6.50. The third-order valence-electron chi connectivity index (χ3n) is 2.41. The molecule has 0 aromatic heterocycles. The zero-order chi connectivity index (χ0) is 16.0. The summed E-state index contributed by atoms with van der Waals surface area (Å²) >= 11 is 0. The summed E-state index contributed by atoms with van der Waals surface area (Å²) in [5, 5.41) is 17.8. The van der Waals surface area contributed by atoms with Crippen molar-refractivity contribution < 1.29 is 29.3 Å². The minimum absolute atomic E-state index is 0.195. The first kappa shape index (κ1) is 17.1. The lowest BCUT2D eigenvalue weighted by Crippen LogP contribution is -2.39. The van der Waals surface area contributed by atoms with Crippen LogP contribution in [0.15, 0.2) is 24.3 Å². The number of carbonyl (C=O) groups is 2. The number of aliphatic hydroxyl groups excluding tert-OH is 2.